The third kappa shape index (κ3) is 1.35. The van der Waals surface area contributed by atoms with Crippen LogP contribution < -0.4 is 5.73 Å². The predicted molar refractivity (Wildman–Crippen MR) is 56.7 cm³/mol. The molecule has 2 nitrogen and oxygen atoms in total. The molecule has 0 spiro atoms. The molecule has 2 aliphatic heterocycles. The first-order chi connectivity index (χ1) is 6.84. The Morgan fingerprint density at radius 3 is 2.71 bits per heavy atom. The Labute approximate surface area is 84.7 Å². The molecule has 2 N–H and O–H groups in total. The van der Waals surface area contributed by atoms with Crippen molar-refractivity contribution in [2.45, 2.75) is 25.0 Å². The van der Waals surface area contributed by atoms with Crippen LogP contribution in [0, 0.1) is 5.92 Å². The van der Waals surface area contributed by atoms with Crippen LogP contribution in [0.2, 0.25) is 0 Å². The molecule has 0 saturated carbocycles. The van der Waals surface area contributed by atoms with Crippen molar-refractivity contribution < 1.29 is 0 Å². The molecule has 4 atom stereocenters. The first kappa shape index (κ1) is 8.45. The zero-order valence-corrected chi connectivity index (χ0v) is 8.26. The molecule has 2 saturated heterocycles. The molecule has 0 aliphatic carbocycles. The van der Waals surface area contributed by atoms with Crippen molar-refractivity contribution in [3.8, 4) is 0 Å². The summed E-state index contributed by atoms with van der Waals surface area (Å²) in [6.07, 6.45) is 2.92. The van der Waals surface area contributed by atoms with Gasteiger partial charge in [0.15, 0.2) is 0 Å². The Bertz CT molecular complexity index is 310. The van der Waals surface area contributed by atoms with E-state index in [2.05, 4.69) is 35.2 Å². The average Bonchev–Trinajstić information content (AvgIpc) is 2.65. The Morgan fingerprint density at radius 2 is 2.07 bits per heavy atom. The largest absolute Gasteiger partial charge is 0.314 e. The van der Waals surface area contributed by atoms with E-state index in [9.17, 15) is 0 Å². The summed E-state index contributed by atoms with van der Waals surface area (Å²) in [6.45, 7) is 1.21. The summed E-state index contributed by atoms with van der Waals surface area (Å²) < 4.78 is 0. The fourth-order valence-electron chi connectivity index (χ4n) is 2.70. The van der Waals surface area contributed by atoms with Crippen LogP contribution in [0.15, 0.2) is 30.3 Å². The van der Waals surface area contributed by atoms with E-state index >= 15 is 0 Å². The van der Waals surface area contributed by atoms with Crippen molar-refractivity contribution >= 4 is 0 Å². The topological polar surface area (TPSA) is 29.0 Å². The van der Waals surface area contributed by atoms with E-state index in [0.29, 0.717) is 12.2 Å². The lowest BCUT2D eigenvalue weighted by Crippen LogP contribution is -2.20. The number of fused-ring (bicyclic) bond motifs is 1. The third-order valence-electron chi connectivity index (χ3n) is 3.52. The highest BCUT2D eigenvalue weighted by Crippen LogP contribution is 2.39. The molecule has 1 aromatic carbocycles. The van der Waals surface area contributed by atoms with Crippen molar-refractivity contribution in [3.05, 3.63) is 35.9 Å². The Balaban J connectivity index is 1.60. The summed E-state index contributed by atoms with van der Waals surface area (Å²) >= 11 is 0. The summed E-state index contributed by atoms with van der Waals surface area (Å²) in [6, 6.07) is 11.5. The van der Waals surface area contributed by atoms with E-state index in [1.165, 1.54) is 24.9 Å². The lowest BCUT2D eigenvalue weighted by Gasteiger charge is -2.12. The molecule has 14 heavy (non-hydrogen) atoms. The Kier molecular flexibility index (Phi) is 1.85. The Hall–Kier alpha value is -0.860. The van der Waals surface area contributed by atoms with Gasteiger partial charge in [-0.05, 0) is 24.3 Å². The molecule has 2 aliphatic rings. The quantitative estimate of drug-likeness (QED) is 0.707. The van der Waals surface area contributed by atoms with Gasteiger partial charge in [0, 0.05) is 12.6 Å². The lowest BCUT2D eigenvalue weighted by atomic mass is 9.96. The number of piperidine rings is 1. The fraction of sp³-hybridized carbons (Fsp3) is 0.500. The molecule has 0 aromatic heterocycles. The van der Waals surface area contributed by atoms with Crippen LogP contribution in [-0.4, -0.2) is 23.7 Å². The molecule has 0 radical (unpaired) electrons. The van der Waals surface area contributed by atoms with E-state index in [4.69, 9.17) is 5.73 Å². The number of nitrogens with two attached hydrogens (primary N) is 1. The normalized spacial score (nSPS) is 39.5. The first-order valence-electron chi connectivity index (χ1n) is 5.40. The maximum atomic E-state index is 5.85. The molecule has 74 valence electrons. The summed E-state index contributed by atoms with van der Waals surface area (Å²) in [4.78, 5) is 2.41. The molecule has 1 aromatic rings. The monoisotopic (exact) mass is 188 g/mol. The minimum atomic E-state index is 0.391. The van der Waals surface area contributed by atoms with Gasteiger partial charge in [0.2, 0.25) is 0 Å². The average molecular weight is 188 g/mol. The van der Waals surface area contributed by atoms with E-state index in [1.54, 1.807) is 0 Å². The molecule has 3 rings (SSSR count). The van der Waals surface area contributed by atoms with E-state index in [-0.39, 0.29) is 0 Å². The highest BCUT2D eigenvalue weighted by Gasteiger charge is 2.51. The number of hydrogen-bond donors (Lipinski definition) is 1. The van der Waals surface area contributed by atoms with Crippen LogP contribution in [-0.2, 0) is 6.42 Å². The number of nitrogens with zero attached hydrogens (tertiary/aromatic N) is 1. The predicted octanol–water partition coefficient (Wildman–Crippen LogP) is 1.22. The van der Waals surface area contributed by atoms with Crippen molar-refractivity contribution in [1.29, 1.82) is 0 Å². The smallest absolute Gasteiger partial charge is 0.0736 e. The third-order valence-corrected chi connectivity index (χ3v) is 3.52. The minimum Gasteiger partial charge on any atom is -0.314 e. The van der Waals surface area contributed by atoms with Gasteiger partial charge in [-0.25, -0.2) is 0 Å². The zero-order valence-electron chi connectivity index (χ0n) is 8.26. The van der Waals surface area contributed by atoms with E-state index < -0.39 is 0 Å². The van der Waals surface area contributed by atoms with Crippen LogP contribution in [0.5, 0.6) is 0 Å². The van der Waals surface area contributed by atoms with Crippen molar-refractivity contribution in [3.63, 3.8) is 0 Å². The standard InChI is InChI=1S/C12H16N2/c13-12-11-7-10(8-14(11)12)6-9-4-2-1-3-5-9/h1-5,10-12H,6-8,13H2. The van der Waals surface area contributed by atoms with E-state index in [1.807, 2.05) is 0 Å². The summed E-state index contributed by atoms with van der Waals surface area (Å²) in [7, 11) is 0. The second-order valence-electron chi connectivity index (χ2n) is 4.55. The Morgan fingerprint density at radius 1 is 1.29 bits per heavy atom. The summed E-state index contributed by atoms with van der Waals surface area (Å²) in [5, 5.41) is 0. The van der Waals surface area contributed by atoms with Gasteiger partial charge in [0.1, 0.15) is 0 Å². The van der Waals surface area contributed by atoms with Crippen molar-refractivity contribution in [2.24, 2.45) is 11.7 Å². The van der Waals surface area contributed by atoms with Crippen LogP contribution in [0.4, 0.5) is 0 Å². The van der Waals surface area contributed by atoms with Gasteiger partial charge in [-0.3, -0.25) is 4.90 Å². The zero-order chi connectivity index (χ0) is 9.54. The van der Waals surface area contributed by atoms with Crippen LogP contribution in [0.25, 0.3) is 0 Å². The van der Waals surface area contributed by atoms with Gasteiger partial charge in [-0.1, -0.05) is 30.3 Å². The lowest BCUT2D eigenvalue weighted by molar-refractivity contribution is 0.440. The van der Waals surface area contributed by atoms with Crippen molar-refractivity contribution in [2.75, 3.05) is 6.54 Å². The van der Waals surface area contributed by atoms with Gasteiger partial charge in [0.25, 0.3) is 0 Å². The van der Waals surface area contributed by atoms with Crippen LogP contribution >= 0.6 is 0 Å². The number of rotatable bonds is 2. The van der Waals surface area contributed by atoms with Crippen LogP contribution in [0.3, 0.4) is 0 Å². The summed E-state index contributed by atoms with van der Waals surface area (Å²) in [5.41, 5.74) is 7.32. The van der Waals surface area contributed by atoms with Gasteiger partial charge in [0.05, 0.1) is 6.17 Å². The maximum absolute atomic E-state index is 5.85. The molecule has 2 heteroatoms. The SMILES string of the molecule is NC1C2CC(Cc3ccccc3)CN12. The van der Waals surface area contributed by atoms with Crippen molar-refractivity contribution in [1.82, 2.24) is 4.90 Å². The second kappa shape index (κ2) is 3.07. The maximum Gasteiger partial charge on any atom is 0.0736 e. The molecular formula is C12H16N2. The van der Waals surface area contributed by atoms with Crippen LogP contribution in [0.1, 0.15) is 12.0 Å². The van der Waals surface area contributed by atoms with Gasteiger partial charge >= 0.3 is 0 Å². The number of benzene rings is 1. The molecular weight excluding hydrogens is 172 g/mol. The molecule has 0 amide bonds. The highest BCUT2D eigenvalue weighted by molar-refractivity contribution is 5.17. The highest BCUT2D eigenvalue weighted by atomic mass is 15.4. The van der Waals surface area contributed by atoms with E-state index in [0.717, 1.165) is 5.92 Å². The molecule has 2 fully saturated rings. The first-order valence-corrected chi connectivity index (χ1v) is 5.40. The number of hydrogen-bond acceptors (Lipinski definition) is 2. The minimum absolute atomic E-state index is 0.391. The molecule has 0 bridgehead atoms. The summed E-state index contributed by atoms with van der Waals surface area (Å²) in [5.74, 6) is 0.835. The van der Waals surface area contributed by atoms with Gasteiger partial charge < -0.3 is 5.73 Å². The fourth-order valence-corrected chi connectivity index (χ4v) is 2.70. The van der Waals surface area contributed by atoms with Gasteiger partial charge in [-0.15, -0.1) is 0 Å². The molecule has 2 heterocycles. The second-order valence-corrected chi connectivity index (χ2v) is 4.55. The van der Waals surface area contributed by atoms with Gasteiger partial charge in [-0.2, -0.15) is 0 Å². The molecule has 4 unspecified atom stereocenters.